The summed E-state index contributed by atoms with van der Waals surface area (Å²) in [6, 6.07) is 4.00. The first kappa shape index (κ1) is 27.2. The number of nitrogens with zero attached hydrogens (tertiary/aromatic N) is 2. The van der Waals surface area contributed by atoms with Crippen molar-refractivity contribution in [1.82, 2.24) is 0 Å². The second-order valence-electron chi connectivity index (χ2n) is 9.71. The van der Waals surface area contributed by atoms with Crippen LogP contribution in [0.5, 0.6) is 0 Å². The van der Waals surface area contributed by atoms with E-state index in [1.54, 1.807) is 0 Å². The molecule has 0 aliphatic carbocycles. The molecule has 0 saturated carbocycles. The molecule has 0 N–H and O–H groups in total. The van der Waals surface area contributed by atoms with Crippen LogP contribution in [0.15, 0.2) is 24.3 Å². The Balaban J connectivity index is 3.06. The van der Waals surface area contributed by atoms with Crippen LogP contribution < -0.4 is 0 Å². The van der Waals surface area contributed by atoms with Gasteiger partial charge in [-0.2, -0.15) is 31.1 Å². The van der Waals surface area contributed by atoms with Crippen LogP contribution in [0, 0.1) is 0 Å². The molecule has 0 amide bonds. The van der Waals surface area contributed by atoms with Crippen molar-refractivity contribution in [2.45, 2.75) is 64.7 Å². The predicted octanol–water partition coefficient (Wildman–Crippen LogP) is 8.69. The minimum Gasteiger partial charge on any atom is -0.361 e. The molecule has 2 rings (SSSR count). The van der Waals surface area contributed by atoms with Gasteiger partial charge in [-0.1, -0.05) is 64.7 Å². The molecule has 0 bridgehead atoms. The zero-order chi connectivity index (χ0) is 25.7. The number of benzene rings is 2. The van der Waals surface area contributed by atoms with E-state index in [1.807, 2.05) is 20.8 Å². The summed E-state index contributed by atoms with van der Waals surface area (Å²) in [7, 11) is 0. The zero-order valence-electron chi connectivity index (χ0n) is 18.7. The third-order valence-corrected chi connectivity index (χ3v) is 5.69. The van der Waals surface area contributed by atoms with Crippen molar-refractivity contribution in [2.24, 2.45) is 0 Å². The summed E-state index contributed by atoms with van der Waals surface area (Å²) >= 11 is 12.5. The van der Waals surface area contributed by atoms with Gasteiger partial charge >= 0.3 is 18.1 Å². The zero-order valence-corrected chi connectivity index (χ0v) is 20.2. The number of alkyl halides is 6. The Morgan fingerprint density at radius 3 is 1.27 bits per heavy atom. The second kappa shape index (κ2) is 8.64. The van der Waals surface area contributed by atoms with E-state index >= 15 is 0 Å². The molecule has 2 nitrogen and oxygen atoms in total. The first-order chi connectivity index (χ1) is 14.7. The second-order valence-corrected chi connectivity index (χ2v) is 10.5. The Kier molecular flexibility index (Phi) is 7.13. The van der Waals surface area contributed by atoms with Gasteiger partial charge in [0.25, 0.3) is 0 Å². The lowest BCUT2D eigenvalue weighted by molar-refractivity contribution is -0.144. The third-order valence-electron chi connectivity index (χ3n) is 5.10. The smallest absolute Gasteiger partial charge is 0.361 e. The minimum absolute atomic E-state index is 0.191. The summed E-state index contributed by atoms with van der Waals surface area (Å²) < 4.78 is 84.3. The maximum absolute atomic E-state index is 14.0. The Labute approximate surface area is 198 Å². The molecule has 0 spiro atoms. The maximum atomic E-state index is 14.0. The fourth-order valence-electron chi connectivity index (χ4n) is 3.23. The van der Waals surface area contributed by atoms with E-state index in [0.717, 1.165) is 0 Å². The van der Waals surface area contributed by atoms with Crippen LogP contribution in [0.2, 0.25) is 10.0 Å². The number of hydrogen-bond donors (Lipinski definition) is 0. The largest absolute Gasteiger partial charge is 0.417 e. The highest BCUT2D eigenvalue weighted by atomic mass is 35.5. The van der Waals surface area contributed by atoms with Gasteiger partial charge in [0.05, 0.1) is 26.7 Å². The summed E-state index contributed by atoms with van der Waals surface area (Å²) in [6.45, 7) is 9.94. The summed E-state index contributed by atoms with van der Waals surface area (Å²) in [4.78, 5) is 2.83. The van der Waals surface area contributed by atoms with E-state index in [1.165, 1.54) is 32.9 Å². The highest BCUT2D eigenvalue weighted by molar-refractivity contribution is 6.41. The van der Waals surface area contributed by atoms with Gasteiger partial charge in [0, 0.05) is 0 Å². The molecule has 0 saturated heterocycles. The van der Waals surface area contributed by atoms with Crippen molar-refractivity contribution < 1.29 is 31.1 Å². The van der Waals surface area contributed by atoms with Gasteiger partial charge in [0.2, 0.25) is 0 Å². The molecule has 180 valence electrons. The normalized spacial score (nSPS) is 13.2. The highest BCUT2D eigenvalue weighted by Crippen LogP contribution is 2.44. The van der Waals surface area contributed by atoms with Gasteiger partial charge in [0.15, 0.2) is 0 Å². The summed E-state index contributed by atoms with van der Waals surface area (Å²) in [5.74, 6) is 0. The third kappa shape index (κ3) is 5.73. The van der Waals surface area contributed by atoms with Gasteiger partial charge < -0.3 is 5.53 Å². The first-order valence-electron chi connectivity index (χ1n) is 9.74. The van der Waals surface area contributed by atoms with E-state index in [-0.39, 0.29) is 15.6 Å². The van der Waals surface area contributed by atoms with Crippen LogP contribution in [-0.4, -0.2) is 10.5 Å². The Bertz CT molecular complexity index is 1070. The Morgan fingerprint density at radius 2 is 1.00 bits per heavy atom. The first-order valence-corrected chi connectivity index (χ1v) is 10.5. The fraction of sp³-hybridized carbons (Fsp3) is 0.435. The average molecular weight is 511 g/mol. The molecule has 0 fully saturated rings. The van der Waals surface area contributed by atoms with Crippen LogP contribution in [0.3, 0.4) is 0 Å². The Morgan fingerprint density at radius 1 is 0.667 bits per heavy atom. The van der Waals surface area contributed by atoms with Gasteiger partial charge in [-0.3, -0.25) is 0 Å². The lowest BCUT2D eigenvalue weighted by atomic mass is 9.81. The quantitative estimate of drug-likeness (QED) is 0.167. The SMILES string of the molecule is CC(C)(C)c1cc(Cl)c(C(=[N+]=[N-])c2c(C(F)(F)F)cc(C(C)(C)C)cc2C(F)(F)F)c(Cl)c1. The van der Waals surface area contributed by atoms with Crippen LogP contribution in [0.1, 0.15) is 74.9 Å². The van der Waals surface area contributed by atoms with E-state index < -0.39 is 51.1 Å². The van der Waals surface area contributed by atoms with Crippen LogP contribution in [0.4, 0.5) is 26.3 Å². The van der Waals surface area contributed by atoms with Crippen molar-refractivity contribution in [3.8, 4) is 0 Å². The topological polar surface area (TPSA) is 36.4 Å². The Hall–Kier alpha value is -2.02. The van der Waals surface area contributed by atoms with Crippen LogP contribution in [0.25, 0.3) is 5.53 Å². The van der Waals surface area contributed by atoms with E-state index in [2.05, 4.69) is 4.79 Å². The molecule has 0 heterocycles. The van der Waals surface area contributed by atoms with Crippen LogP contribution >= 0.6 is 23.2 Å². The van der Waals surface area contributed by atoms with Crippen molar-refractivity contribution in [1.29, 1.82) is 0 Å². The molecule has 0 unspecified atom stereocenters. The molecule has 0 aromatic heterocycles. The van der Waals surface area contributed by atoms with E-state index in [4.69, 9.17) is 23.2 Å². The average Bonchev–Trinajstić information content (AvgIpc) is 2.60. The van der Waals surface area contributed by atoms with Gasteiger partial charge in [-0.05, 0) is 46.2 Å². The number of hydrogen-bond acceptors (Lipinski definition) is 0. The van der Waals surface area contributed by atoms with E-state index in [0.29, 0.717) is 17.7 Å². The van der Waals surface area contributed by atoms with Gasteiger partial charge in [-0.25, -0.2) is 0 Å². The molecule has 2 aromatic rings. The number of halogens is 8. The minimum atomic E-state index is -5.20. The van der Waals surface area contributed by atoms with Gasteiger partial charge in [-0.15, -0.1) is 0 Å². The van der Waals surface area contributed by atoms with Crippen molar-refractivity contribution >= 4 is 28.9 Å². The molecule has 0 aliphatic rings. The summed E-state index contributed by atoms with van der Waals surface area (Å²) in [6.07, 6.45) is -10.4. The monoisotopic (exact) mass is 510 g/mol. The lowest BCUT2D eigenvalue weighted by Crippen LogP contribution is -2.25. The van der Waals surface area contributed by atoms with E-state index in [9.17, 15) is 31.9 Å². The summed E-state index contributed by atoms with van der Waals surface area (Å²) in [5.41, 5.74) is 2.53. The van der Waals surface area contributed by atoms with Crippen molar-refractivity contribution in [2.75, 3.05) is 0 Å². The molecule has 33 heavy (non-hydrogen) atoms. The molecule has 0 atom stereocenters. The van der Waals surface area contributed by atoms with Gasteiger partial charge in [0.1, 0.15) is 5.56 Å². The predicted molar refractivity (Wildman–Crippen MR) is 117 cm³/mol. The van der Waals surface area contributed by atoms with Crippen molar-refractivity contribution in [3.63, 3.8) is 0 Å². The molecule has 0 aliphatic heterocycles. The lowest BCUT2D eigenvalue weighted by Gasteiger charge is -2.25. The fourth-order valence-corrected chi connectivity index (χ4v) is 3.90. The standard InChI is InChI=1S/C23H22Cl2F6N2/c1-20(2,3)11-7-13(22(26,27)28)17(14(8-11)23(29,30)31)19(33-32)18-15(24)9-12(10-16(18)25)21(4,5)6/h7-10H,1-6H3. The molecular formula is C23H22Cl2F6N2. The molecular weight excluding hydrogens is 489 g/mol. The molecule has 0 radical (unpaired) electrons. The molecule has 2 aromatic carbocycles. The van der Waals surface area contributed by atoms with Crippen molar-refractivity contribution in [3.05, 3.63) is 73.2 Å². The maximum Gasteiger partial charge on any atom is 0.417 e. The highest BCUT2D eigenvalue weighted by Gasteiger charge is 2.46. The number of rotatable bonds is 2. The van der Waals surface area contributed by atoms with Crippen LogP contribution in [-0.2, 0) is 23.2 Å². The summed E-state index contributed by atoms with van der Waals surface area (Å²) in [5, 5.41) is -0.497. The molecule has 10 heteroatoms.